The van der Waals surface area contributed by atoms with Crippen LogP contribution in [0.4, 0.5) is 0 Å². The molecule has 5 nitrogen and oxygen atoms in total. The maximum atomic E-state index is 13.2. The lowest BCUT2D eigenvalue weighted by molar-refractivity contribution is -0.121. The van der Waals surface area contributed by atoms with Crippen LogP contribution < -0.4 is 5.32 Å². The first-order valence-electron chi connectivity index (χ1n) is 10.9. The van der Waals surface area contributed by atoms with E-state index in [2.05, 4.69) is 51.5 Å². The van der Waals surface area contributed by atoms with Crippen molar-refractivity contribution in [1.82, 2.24) is 15.3 Å². The zero-order chi connectivity index (χ0) is 21.2. The summed E-state index contributed by atoms with van der Waals surface area (Å²) in [6, 6.07) is 8.57. The minimum Gasteiger partial charge on any atom is -0.305 e. The third-order valence-electron chi connectivity index (χ3n) is 5.77. The van der Waals surface area contributed by atoms with E-state index in [0.717, 1.165) is 36.1 Å². The number of aliphatic imine (C=N–C) groups is 1. The third-order valence-corrected chi connectivity index (χ3v) is 6.62. The van der Waals surface area contributed by atoms with Crippen LogP contribution in [0.5, 0.6) is 0 Å². The summed E-state index contributed by atoms with van der Waals surface area (Å²) < 4.78 is 0. The molecule has 160 valence electrons. The predicted molar refractivity (Wildman–Crippen MR) is 125 cm³/mol. The lowest BCUT2D eigenvalue weighted by Gasteiger charge is -2.21. The number of aryl methyl sites for hydroxylation is 2. The molecule has 1 fully saturated rings. The average Bonchev–Trinajstić information content (AvgIpc) is 3.30. The van der Waals surface area contributed by atoms with Crippen LogP contribution in [0, 0.1) is 5.92 Å². The van der Waals surface area contributed by atoms with Crippen molar-refractivity contribution < 1.29 is 4.79 Å². The van der Waals surface area contributed by atoms with Gasteiger partial charge >= 0.3 is 0 Å². The summed E-state index contributed by atoms with van der Waals surface area (Å²) in [5, 5.41) is 3.77. The Labute approximate surface area is 184 Å². The van der Waals surface area contributed by atoms with Crippen molar-refractivity contribution in [2.24, 2.45) is 10.9 Å². The van der Waals surface area contributed by atoms with Gasteiger partial charge in [-0.25, -0.2) is 9.97 Å². The molecule has 0 aliphatic heterocycles. The number of benzene rings is 1. The number of thioether (sulfide) groups is 1. The number of hydrogen-bond donors (Lipinski definition) is 1. The zero-order valence-electron chi connectivity index (χ0n) is 18.0. The fourth-order valence-electron chi connectivity index (χ4n) is 4.12. The molecule has 0 bridgehead atoms. The maximum Gasteiger partial charge on any atom is 0.233 e. The molecular weight excluding hydrogens is 392 g/mol. The van der Waals surface area contributed by atoms with Crippen LogP contribution in [0.15, 0.2) is 48.0 Å². The van der Waals surface area contributed by atoms with Gasteiger partial charge in [0.05, 0.1) is 5.92 Å². The Morgan fingerprint density at radius 1 is 1.13 bits per heavy atom. The molecule has 3 rings (SSSR count). The molecular formula is C24H32N4OS. The molecule has 0 spiro atoms. The monoisotopic (exact) mass is 424 g/mol. The fourth-order valence-corrected chi connectivity index (χ4v) is 4.70. The molecule has 6 heteroatoms. The van der Waals surface area contributed by atoms with Gasteiger partial charge in [0.25, 0.3) is 0 Å². The number of amidine groups is 1. The first kappa shape index (κ1) is 22.5. The molecule has 0 radical (unpaired) electrons. The van der Waals surface area contributed by atoms with Crippen LogP contribution >= 0.6 is 11.8 Å². The van der Waals surface area contributed by atoms with E-state index in [1.807, 2.05) is 12.4 Å². The molecule has 0 saturated heterocycles. The van der Waals surface area contributed by atoms with Crippen LogP contribution in [0.1, 0.15) is 61.6 Å². The molecule has 1 aromatic heterocycles. The molecule has 1 aliphatic carbocycles. The lowest BCUT2D eigenvalue weighted by Crippen LogP contribution is -2.34. The van der Waals surface area contributed by atoms with Crippen molar-refractivity contribution in [3.05, 3.63) is 59.7 Å². The van der Waals surface area contributed by atoms with Crippen molar-refractivity contribution in [2.75, 3.05) is 12.8 Å². The molecule has 1 aromatic carbocycles. The predicted octanol–water partition coefficient (Wildman–Crippen LogP) is 4.78. The van der Waals surface area contributed by atoms with E-state index in [4.69, 9.17) is 0 Å². The molecule has 1 aliphatic rings. The summed E-state index contributed by atoms with van der Waals surface area (Å²) >= 11 is 1.57. The summed E-state index contributed by atoms with van der Waals surface area (Å²) in [7, 11) is 1.73. The van der Waals surface area contributed by atoms with Gasteiger partial charge in [-0.1, -0.05) is 68.6 Å². The second-order valence-electron chi connectivity index (χ2n) is 7.88. The standard InChI is InChI=1S/C24H32N4OS/c1-3-30-24(25-2)28-23(29)22(14-19-6-4-5-7-19)21-12-10-18(11-13-21)8-9-20-15-26-17-27-16-20/h10-13,15-17,19,22H,3-9,14H2,1-2H3,(H,25,28,29). The van der Waals surface area contributed by atoms with Gasteiger partial charge in [0.15, 0.2) is 5.17 Å². The topological polar surface area (TPSA) is 67.2 Å². The SMILES string of the molecule is CCSC(=NC)NC(=O)C(CC1CCCC1)c1ccc(CCc2cncnc2)cc1. The Kier molecular flexibility index (Phi) is 8.87. The largest absolute Gasteiger partial charge is 0.305 e. The van der Waals surface area contributed by atoms with E-state index in [1.54, 1.807) is 25.1 Å². The van der Waals surface area contributed by atoms with Crippen molar-refractivity contribution in [3.63, 3.8) is 0 Å². The van der Waals surface area contributed by atoms with Gasteiger partial charge in [-0.15, -0.1) is 0 Å². The Hall–Kier alpha value is -2.21. The molecule has 30 heavy (non-hydrogen) atoms. The minimum absolute atomic E-state index is 0.0673. The first-order chi connectivity index (χ1) is 14.7. The maximum absolute atomic E-state index is 13.2. The van der Waals surface area contributed by atoms with E-state index < -0.39 is 0 Å². The van der Waals surface area contributed by atoms with Gasteiger partial charge in [-0.2, -0.15) is 0 Å². The van der Waals surface area contributed by atoms with Gasteiger partial charge in [0.2, 0.25) is 5.91 Å². The number of carbonyl (C=O) groups is 1. The van der Waals surface area contributed by atoms with Crippen LogP contribution in [-0.4, -0.2) is 33.8 Å². The Balaban J connectivity index is 1.69. The highest BCUT2D eigenvalue weighted by atomic mass is 32.2. The highest BCUT2D eigenvalue weighted by Gasteiger charge is 2.27. The van der Waals surface area contributed by atoms with E-state index in [1.165, 1.54) is 31.2 Å². The van der Waals surface area contributed by atoms with Gasteiger partial charge in [0.1, 0.15) is 6.33 Å². The Morgan fingerprint density at radius 3 is 2.43 bits per heavy atom. The number of rotatable bonds is 8. The number of aromatic nitrogens is 2. The molecule has 1 atom stereocenters. The van der Waals surface area contributed by atoms with Crippen LogP contribution in [-0.2, 0) is 17.6 Å². The number of carbonyl (C=O) groups excluding carboxylic acids is 1. The molecule has 1 saturated carbocycles. The van der Waals surface area contributed by atoms with Crippen molar-refractivity contribution in [2.45, 2.75) is 57.8 Å². The molecule has 1 amide bonds. The van der Waals surface area contributed by atoms with Gasteiger partial charge < -0.3 is 5.32 Å². The van der Waals surface area contributed by atoms with Crippen molar-refractivity contribution in [3.8, 4) is 0 Å². The van der Waals surface area contributed by atoms with Crippen molar-refractivity contribution >= 4 is 22.8 Å². The summed E-state index contributed by atoms with van der Waals surface area (Å²) in [6.07, 6.45) is 13.1. The second-order valence-corrected chi connectivity index (χ2v) is 9.13. The number of amides is 1. The normalized spacial score (nSPS) is 15.9. The summed E-state index contributed by atoms with van der Waals surface area (Å²) in [5.41, 5.74) is 3.50. The van der Waals surface area contributed by atoms with Crippen molar-refractivity contribution in [1.29, 1.82) is 0 Å². The lowest BCUT2D eigenvalue weighted by atomic mass is 9.86. The molecule has 1 heterocycles. The smallest absolute Gasteiger partial charge is 0.233 e. The van der Waals surface area contributed by atoms with Gasteiger partial charge in [-0.3, -0.25) is 9.79 Å². The summed E-state index contributed by atoms with van der Waals surface area (Å²) in [6.45, 7) is 2.07. The van der Waals surface area contributed by atoms with E-state index in [9.17, 15) is 4.79 Å². The van der Waals surface area contributed by atoms with E-state index >= 15 is 0 Å². The Morgan fingerprint density at radius 2 is 1.80 bits per heavy atom. The van der Waals surface area contributed by atoms with Gasteiger partial charge in [-0.05, 0) is 47.6 Å². The average molecular weight is 425 g/mol. The second kappa shape index (κ2) is 11.8. The van der Waals surface area contributed by atoms with Crippen LogP contribution in [0.3, 0.4) is 0 Å². The quantitative estimate of drug-likeness (QED) is 0.489. The number of nitrogens with zero attached hydrogens (tertiary/aromatic N) is 3. The zero-order valence-corrected chi connectivity index (χ0v) is 18.8. The third kappa shape index (κ3) is 6.66. The summed E-state index contributed by atoms with van der Waals surface area (Å²) in [4.78, 5) is 25.5. The van der Waals surface area contributed by atoms with E-state index in [-0.39, 0.29) is 11.8 Å². The minimum atomic E-state index is -0.126. The van der Waals surface area contributed by atoms with E-state index in [0.29, 0.717) is 11.1 Å². The molecule has 1 unspecified atom stereocenters. The highest BCUT2D eigenvalue weighted by molar-refractivity contribution is 8.13. The highest BCUT2D eigenvalue weighted by Crippen LogP contribution is 2.34. The fraction of sp³-hybridized carbons (Fsp3) is 0.500. The molecule has 1 N–H and O–H groups in total. The van der Waals surface area contributed by atoms with Crippen LogP contribution in [0.2, 0.25) is 0 Å². The number of hydrogen-bond acceptors (Lipinski definition) is 5. The molecule has 2 aromatic rings. The first-order valence-corrected chi connectivity index (χ1v) is 11.9. The Bertz CT molecular complexity index is 817. The van der Waals surface area contributed by atoms with Gasteiger partial charge in [0, 0.05) is 19.4 Å². The van der Waals surface area contributed by atoms with Crippen LogP contribution in [0.25, 0.3) is 0 Å². The summed E-state index contributed by atoms with van der Waals surface area (Å²) in [5.74, 6) is 1.47. The number of nitrogens with one attached hydrogen (secondary N) is 1.